The first-order valence-corrected chi connectivity index (χ1v) is 5.86. The fourth-order valence-corrected chi connectivity index (χ4v) is 2.62. The molecule has 1 unspecified atom stereocenters. The Morgan fingerprint density at radius 2 is 2.36 bits per heavy atom. The number of carbonyl (C=O) groups excluding carboxylic acids is 1. The Labute approximate surface area is 92.8 Å². The molecule has 14 heavy (non-hydrogen) atoms. The van der Waals surface area contributed by atoms with Gasteiger partial charge < -0.3 is 4.74 Å². The Hall–Kier alpha value is -0.540. The molecule has 1 heterocycles. The number of thiophene rings is 1. The molecule has 0 spiro atoms. The lowest BCUT2D eigenvalue weighted by molar-refractivity contribution is -0.144. The highest BCUT2D eigenvalue weighted by molar-refractivity contribution is 7.10. The van der Waals surface area contributed by atoms with E-state index in [4.69, 9.17) is 16.3 Å². The molecule has 0 aliphatic carbocycles. The molecule has 0 aromatic carbocycles. The van der Waals surface area contributed by atoms with Crippen molar-refractivity contribution in [3.05, 3.63) is 21.3 Å². The van der Waals surface area contributed by atoms with Gasteiger partial charge in [0.15, 0.2) is 0 Å². The van der Waals surface area contributed by atoms with Gasteiger partial charge in [-0.2, -0.15) is 0 Å². The van der Waals surface area contributed by atoms with Crippen LogP contribution in [0.1, 0.15) is 31.1 Å². The molecule has 1 rings (SSSR count). The first kappa shape index (κ1) is 11.5. The molecular formula is C10H13ClO2S. The second-order valence-electron chi connectivity index (χ2n) is 2.85. The minimum absolute atomic E-state index is 0.181. The minimum Gasteiger partial charge on any atom is -0.465 e. The number of hydrogen-bond acceptors (Lipinski definition) is 3. The molecule has 78 valence electrons. The van der Waals surface area contributed by atoms with Crippen LogP contribution in [0.2, 0.25) is 5.02 Å². The zero-order valence-electron chi connectivity index (χ0n) is 8.25. The molecule has 1 atom stereocenters. The average Bonchev–Trinajstić information content (AvgIpc) is 2.54. The van der Waals surface area contributed by atoms with E-state index in [2.05, 4.69) is 0 Å². The van der Waals surface area contributed by atoms with Crippen LogP contribution in [0, 0.1) is 0 Å². The summed E-state index contributed by atoms with van der Waals surface area (Å²) >= 11 is 7.46. The zero-order valence-corrected chi connectivity index (χ0v) is 9.82. The predicted octanol–water partition coefficient (Wildman–Crippen LogP) is 3.46. The van der Waals surface area contributed by atoms with Crippen LogP contribution in [0.3, 0.4) is 0 Å². The Morgan fingerprint density at radius 1 is 1.64 bits per heavy atom. The van der Waals surface area contributed by atoms with Crippen LogP contribution in [-0.4, -0.2) is 12.6 Å². The van der Waals surface area contributed by atoms with Gasteiger partial charge in [-0.3, -0.25) is 4.79 Å². The Balaban J connectivity index is 2.82. The Kier molecular flexibility index (Phi) is 4.42. The maximum absolute atomic E-state index is 11.6. The molecule has 0 saturated carbocycles. The Bertz CT molecular complexity index is 309. The van der Waals surface area contributed by atoms with Crippen molar-refractivity contribution >= 4 is 28.9 Å². The highest BCUT2D eigenvalue weighted by Crippen LogP contribution is 2.32. The molecule has 0 N–H and O–H groups in total. The smallest absolute Gasteiger partial charge is 0.314 e. The van der Waals surface area contributed by atoms with E-state index in [1.165, 1.54) is 11.3 Å². The monoisotopic (exact) mass is 232 g/mol. The lowest BCUT2D eigenvalue weighted by Gasteiger charge is -2.11. The molecule has 0 fully saturated rings. The summed E-state index contributed by atoms with van der Waals surface area (Å²) in [5.74, 6) is -0.387. The van der Waals surface area contributed by atoms with E-state index in [0.29, 0.717) is 11.6 Å². The zero-order chi connectivity index (χ0) is 10.6. The van der Waals surface area contributed by atoms with Crippen molar-refractivity contribution < 1.29 is 9.53 Å². The number of halogens is 1. The quantitative estimate of drug-likeness (QED) is 0.744. The van der Waals surface area contributed by atoms with Crippen LogP contribution < -0.4 is 0 Å². The summed E-state index contributed by atoms with van der Waals surface area (Å²) < 4.78 is 4.98. The predicted molar refractivity (Wildman–Crippen MR) is 59.0 cm³/mol. The standard InChI is InChI=1S/C10H13ClO2S/c1-3-7(10(12)13-4-2)9-8(11)5-6-14-9/h5-7H,3-4H2,1-2H3. The number of hydrogen-bond donors (Lipinski definition) is 0. The molecule has 0 aliphatic heterocycles. The molecule has 2 nitrogen and oxygen atoms in total. The average molecular weight is 233 g/mol. The summed E-state index contributed by atoms with van der Waals surface area (Å²) in [4.78, 5) is 12.5. The van der Waals surface area contributed by atoms with Crippen LogP contribution in [0.5, 0.6) is 0 Å². The van der Waals surface area contributed by atoms with E-state index >= 15 is 0 Å². The van der Waals surface area contributed by atoms with Crippen LogP contribution in [0.4, 0.5) is 0 Å². The minimum atomic E-state index is -0.206. The van der Waals surface area contributed by atoms with Crippen molar-refractivity contribution in [2.75, 3.05) is 6.61 Å². The molecule has 1 aromatic heterocycles. The number of esters is 1. The number of ether oxygens (including phenoxy) is 1. The normalized spacial score (nSPS) is 12.5. The van der Waals surface area contributed by atoms with E-state index < -0.39 is 0 Å². The van der Waals surface area contributed by atoms with Crippen molar-refractivity contribution in [3.8, 4) is 0 Å². The van der Waals surface area contributed by atoms with Gasteiger partial charge in [-0.1, -0.05) is 18.5 Å². The summed E-state index contributed by atoms with van der Waals surface area (Å²) in [5, 5.41) is 2.55. The second kappa shape index (κ2) is 5.37. The van der Waals surface area contributed by atoms with Crippen LogP contribution in [-0.2, 0) is 9.53 Å². The molecule has 1 aromatic rings. The van der Waals surface area contributed by atoms with E-state index in [0.717, 1.165) is 11.3 Å². The summed E-state index contributed by atoms with van der Waals surface area (Å²) in [6.07, 6.45) is 0.721. The highest BCUT2D eigenvalue weighted by Gasteiger charge is 2.23. The number of carbonyl (C=O) groups is 1. The van der Waals surface area contributed by atoms with Gasteiger partial charge in [0.1, 0.15) is 0 Å². The first-order chi connectivity index (χ1) is 6.70. The fraction of sp³-hybridized carbons (Fsp3) is 0.500. The summed E-state index contributed by atoms with van der Waals surface area (Å²) in [6.45, 7) is 4.18. The van der Waals surface area contributed by atoms with E-state index in [-0.39, 0.29) is 11.9 Å². The third-order valence-electron chi connectivity index (χ3n) is 1.94. The third-order valence-corrected chi connectivity index (χ3v) is 3.41. The van der Waals surface area contributed by atoms with Gasteiger partial charge in [0, 0.05) is 4.88 Å². The highest BCUT2D eigenvalue weighted by atomic mass is 35.5. The van der Waals surface area contributed by atoms with Crippen molar-refractivity contribution in [2.45, 2.75) is 26.2 Å². The van der Waals surface area contributed by atoms with Crippen molar-refractivity contribution in [1.29, 1.82) is 0 Å². The van der Waals surface area contributed by atoms with Crippen molar-refractivity contribution in [3.63, 3.8) is 0 Å². The molecule has 0 radical (unpaired) electrons. The molecule has 0 bridgehead atoms. The largest absolute Gasteiger partial charge is 0.465 e. The molecule has 0 amide bonds. The van der Waals surface area contributed by atoms with E-state index in [1.54, 1.807) is 6.92 Å². The Morgan fingerprint density at radius 3 is 2.79 bits per heavy atom. The van der Waals surface area contributed by atoms with Crippen LogP contribution in [0.25, 0.3) is 0 Å². The van der Waals surface area contributed by atoms with Crippen molar-refractivity contribution in [1.82, 2.24) is 0 Å². The van der Waals surface area contributed by atoms with Gasteiger partial charge in [-0.15, -0.1) is 11.3 Å². The molecule has 0 aliphatic rings. The van der Waals surface area contributed by atoms with Gasteiger partial charge in [0.25, 0.3) is 0 Å². The lowest BCUT2D eigenvalue weighted by Crippen LogP contribution is -2.14. The summed E-state index contributed by atoms with van der Waals surface area (Å²) in [6, 6.07) is 1.81. The molecule has 4 heteroatoms. The third kappa shape index (κ3) is 2.49. The first-order valence-electron chi connectivity index (χ1n) is 4.60. The number of rotatable bonds is 4. The topological polar surface area (TPSA) is 26.3 Å². The maximum atomic E-state index is 11.6. The molecular weight excluding hydrogens is 220 g/mol. The van der Waals surface area contributed by atoms with Gasteiger partial charge in [0.2, 0.25) is 0 Å². The van der Waals surface area contributed by atoms with Gasteiger partial charge >= 0.3 is 5.97 Å². The lowest BCUT2D eigenvalue weighted by atomic mass is 10.1. The van der Waals surface area contributed by atoms with Gasteiger partial charge in [-0.25, -0.2) is 0 Å². The van der Waals surface area contributed by atoms with Crippen molar-refractivity contribution in [2.24, 2.45) is 0 Å². The SMILES string of the molecule is CCOC(=O)C(CC)c1sccc1Cl. The van der Waals surface area contributed by atoms with E-state index in [9.17, 15) is 4.79 Å². The van der Waals surface area contributed by atoms with Crippen LogP contribution in [0.15, 0.2) is 11.4 Å². The summed E-state index contributed by atoms with van der Waals surface area (Å²) in [5.41, 5.74) is 0. The fourth-order valence-electron chi connectivity index (χ4n) is 1.26. The van der Waals surface area contributed by atoms with Crippen LogP contribution >= 0.6 is 22.9 Å². The maximum Gasteiger partial charge on any atom is 0.314 e. The second-order valence-corrected chi connectivity index (χ2v) is 4.20. The molecule has 0 saturated heterocycles. The summed E-state index contributed by atoms with van der Waals surface area (Å²) in [7, 11) is 0. The van der Waals surface area contributed by atoms with Gasteiger partial charge in [-0.05, 0) is 24.8 Å². The van der Waals surface area contributed by atoms with Gasteiger partial charge in [0.05, 0.1) is 17.5 Å². The van der Waals surface area contributed by atoms with E-state index in [1.807, 2.05) is 18.4 Å².